The lowest BCUT2D eigenvalue weighted by molar-refractivity contribution is 0.00631. The molecule has 0 aliphatic heterocycles. The molecule has 0 bridgehead atoms. The highest BCUT2D eigenvalue weighted by atomic mass is 32.2. The van der Waals surface area contributed by atoms with Crippen molar-refractivity contribution in [1.29, 1.82) is 0 Å². The number of aliphatic hydroxyl groups is 1. The Morgan fingerprint density at radius 2 is 1.61 bits per heavy atom. The second kappa shape index (κ2) is 8.11. The van der Waals surface area contributed by atoms with E-state index in [1.165, 1.54) is 12.1 Å². The summed E-state index contributed by atoms with van der Waals surface area (Å²) in [5, 5.41) is 11.0. The zero-order valence-corrected chi connectivity index (χ0v) is 17.2. The van der Waals surface area contributed by atoms with Gasteiger partial charge in [-0.15, -0.1) is 0 Å². The maximum atomic E-state index is 12.3. The predicted octanol–water partition coefficient (Wildman–Crippen LogP) is 3.03. The number of aryl methyl sites for hydroxylation is 1. The van der Waals surface area contributed by atoms with Crippen molar-refractivity contribution in [2.45, 2.75) is 43.1 Å². The molecule has 0 saturated heterocycles. The SMILES string of the molecule is COc1ccc(OC)c2c1CCC(O)(CCOS(=O)(=O)c1ccc(C)cc1)C2. The van der Waals surface area contributed by atoms with Crippen LogP contribution in [0.25, 0.3) is 0 Å². The Morgan fingerprint density at radius 1 is 1.00 bits per heavy atom. The number of fused-ring (bicyclic) bond motifs is 1. The lowest BCUT2D eigenvalue weighted by Crippen LogP contribution is -2.37. The van der Waals surface area contributed by atoms with E-state index in [0.29, 0.717) is 25.0 Å². The quantitative estimate of drug-likeness (QED) is 0.712. The summed E-state index contributed by atoms with van der Waals surface area (Å²) < 4.78 is 40.7. The van der Waals surface area contributed by atoms with E-state index >= 15 is 0 Å². The predicted molar refractivity (Wildman–Crippen MR) is 105 cm³/mol. The van der Waals surface area contributed by atoms with Crippen LogP contribution in [-0.4, -0.2) is 40.0 Å². The van der Waals surface area contributed by atoms with E-state index in [4.69, 9.17) is 13.7 Å². The molecule has 0 aromatic heterocycles. The number of hydrogen-bond acceptors (Lipinski definition) is 6. The van der Waals surface area contributed by atoms with Crippen LogP contribution in [0.1, 0.15) is 29.5 Å². The summed E-state index contributed by atoms with van der Waals surface area (Å²) in [7, 11) is -0.636. The first-order valence-corrected chi connectivity index (χ1v) is 10.6. The Labute approximate surface area is 166 Å². The van der Waals surface area contributed by atoms with Gasteiger partial charge in [-0.05, 0) is 44.0 Å². The molecule has 1 atom stereocenters. The van der Waals surface area contributed by atoms with Gasteiger partial charge >= 0.3 is 0 Å². The smallest absolute Gasteiger partial charge is 0.296 e. The van der Waals surface area contributed by atoms with Crippen molar-refractivity contribution in [2.75, 3.05) is 20.8 Å². The number of ether oxygens (including phenoxy) is 2. The zero-order valence-electron chi connectivity index (χ0n) is 16.4. The Hall–Kier alpha value is -2.09. The number of methoxy groups -OCH3 is 2. The molecule has 0 heterocycles. The first kappa shape index (κ1) is 20.6. The van der Waals surface area contributed by atoms with Crippen molar-refractivity contribution in [2.24, 2.45) is 0 Å². The summed E-state index contributed by atoms with van der Waals surface area (Å²) in [5.74, 6) is 1.47. The fourth-order valence-corrected chi connectivity index (χ4v) is 4.51. The molecular weight excluding hydrogens is 380 g/mol. The van der Waals surface area contributed by atoms with Crippen molar-refractivity contribution in [3.05, 3.63) is 53.1 Å². The van der Waals surface area contributed by atoms with Gasteiger partial charge in [0.1, 0.15) is 11.5 Å². The number of rotatable bonds is 7. The average molecular weight is 407 g/mol. The lowest BCUT2D eigenvalue weighted by Gasteiger charge is -2.34. The van der Waals surface area contributed by atoms with E-state index in [-0.39, 0.29) is 17.9 Å². The standard InChI is InChI=1S/C21H26O6S/c1-15-4-6-16(7-5-15)28(23,24)27-13-12-21(22)11-10-17-18(14-21)20(26-3)9-8-19(17)25-2/h4-9,22H,10-14H2,1-3H3. The summed E-state index contributed by atoms with van der Waals surface area (Å²) >= 11 is 0. The van der Waals surface area contributed by atoms with Gasteiger partial charge in [0.05, 0.1) is 31.3 Å². The number of hydrogen-bond donors (Lipinski definition) is 1. The first-order chi connectivity index (χ1) is 13.3. The molecule has 0 spiro atoms. The van der Waals surface area contributed by atoms with Crippen LogP contribution in [0.4, 0.5) is 0 Å². The monoisotopic (exact) mass is 406 g/mol. The van der Waals surface area contributed by atoms with Gasteiger partial charge in [0.25, 0.3) is 10.1 Å². The van der Waals surface area contributed by atoms with E-state index in [9.17, 15) is 13.5 Å². The molecule has 152 valence electrons. The van der Waals surface area contributed by atoms with Crippen LogP contribution in [0.15, 0.2) is 41.3 Å². The molecule has 1 aliphatic rings. The minimum absolute atomic E-state index is 0.0890. The van der Waals surface area contributed by atoms with Gasteiger partial charge < -0.3 is 14.6 Å². The molecular formula is C21H26O6S. The summed E-state index contributed by atoms with van der Waals surface area (Å²) in [4.78, 5) is 0.116. The minimum Gasteiger partial charge on any atom is -0.496 e. The summed E-state index contributed by atoms with van der Waals surface area (Å²) in [6, 6.07) is 10.2. The fourth-order valence-electron chi connectivity index (χ4n) is 3.60. The second-order valence-corrected chi connectivity index (χ2v) is 8.78. The third-order valence-corrected chi connectivity index (χ3v) is 6.57. The third kappa shape index (κ3) is 4.32. The second-order valence-electron chi connectivity index (χ2n) is 7.17. The molecule has 1 N–H and O–H groups in total. The Bertz CT molecular complexity index is 936. The molecule has 0 amide bonds. The molecule has 7 heteroatoms. The molecule has 3 rings (SSSR count). The van der Waals surface area contributed by atoms with Gasteiger partial charge in [0.2, 0.25) is 0 Å². The topological polar surface area (TPSA) is 82.1 Å². The van der Waals surface area contributed by atoms with Crippen molar-refractivity contribution < 1.29 is 27.2 Å². The van der Waals surface area contributed by atoms with E-state index < -0.39 is 15.7 Å². The van der Waals surface area contributed by atoms with Crippen molar-refractivity contribution in [3.8, 4) is 11.5 Å². The zero-order chi connectivity index (χ0) is 20.4. The van der Waals surface area contributed by atoms with Gasteiger partial charge in [-0.3, -0.25) is 4.18 Å². The molecule has 0 fully saturated rings. The van der Waals surface area contributed by atoms with Crippen molar-refractivity contribution >= 4 is 10.1 Å². The normalized spacial score (nSPS) is 19.1. The van der Waals surface area contributed by atoms with Gasteiger partial charge in [-0.2, -0.15) is 8.42 Å². The average Bonchev–Trinajstić information content (AvgIpc) is 2.67. The Kier molecular flexibility index (Phi) is 5.98. The Morgan fingerprint density at radius 3 is 2.21 bits per heavy atom. The third-order valence-electron chi connectivity index (χ3n) is 5.25. The molecule has 2 aromatic rings. The van der Waals surface area contributed by atoms with Crippen LogP contribution >= 0.6 is 0 Å². The minimum atomic E-state index is -3.84. The van der Waals surface area contributed by atoms with E-state index in [1.54, 1.807) is 26.4 Å². The highest BCUT2D eigenvalue weighted by Gasteiger charge is 2.35. The highest BCUT2D eigenvalue weighted by molar-refractivity contribution is 7.86. The van der Waals surface area contributed by atoms with Gasteiger partial charge in [0.15, 0.2) is 0 Å². The van der Waals surface area contributed by atoms with Crippen LogP contribution in [-0.2, 0) is 27.1 Å². The van der Waals surface area contributed by atoms with Crippen LogP contribution in [0.5, 0.6) is 11.5 Å². The van der Waals surface area contributed by atoms with Gasteiger partial charge in [0, 0.05) is 24.0 Å². The molecule has 0 radical (unpaired) electrons. The maximum Gasteiger partial charge on any atom is 0.296 e. The summed E-state index contributed by atoms with van der Waals surface area (Å²) in [6.07, 6.45) is 1.68. The van der Waals surface area contributed by atoms with Crippen molar-refractivity contribution in [1.82, 2.24) is 0 Å². The summed E-state index contributed by atoms with van der Waals surface area (Å²) in [6.45, 7) is 1.80. The maximum absolute atomic E-state index is 12.3. The Balaban J connectivity index is 1.70. The van der Waals surface area contributed by atoms with Crippen molar-refractivity contribution in [3.63, 3.8) is 0 Å². The lowest BCUT2D eigenvalue weighted by atomic mass is 9.78. The van der Waals surface area contributed by atoms with E-state index in [2.05, 4.69) is 0 Å². The molecule has 1 aliphatic carbocycles. The fraction of sp³-hybridized carbons (Fsp3) is 0.429. The van der Waals surface area contributed by atoms with E-state index in [0.717, 1.165) is 22.4 Å². The molecule has 2 aromatic carbocycles. The summed E-state index contributed by atoms with van der Waals surface area (Å²) in [5.41, 5.74) is 1.84. The van der Waals surface area contributed by atoms with Crippen LogP contribution in [0.2, 0.25) is 0 Å². The van der Waals surface area contributed by atoms with Gasteiger partial charge in [-0.1, -0.05) is 17.7 Å². The first-order valence-electron chi connectivity index (χ1n) is 9.19. The largest absolute Gasteiger partial charge is 0.496 e. The molecule has 1 unspecified atom stereocenters. The number of benzene rings is 2. The molecule has 28 heavy (non-hydrogen) atoms. The van der Waals surface area contributed by atoms with Gasteiger partial charge in [-0.25, -0.2) is 0 Å². The van der Waals surface area contributed by atoms with Crippen LogP contribution < -0.4 is 9.47 Å². The van der Waals surface area contributed by atoms with E-state index in [1.807, 2.05) is 19.1 Å². The highest BCUT2D eigenvalue weighted by Crippen LogP contribution is 2.40. The van der Waals surface area contributed by atoms with Crippen LogP contribution in [0.3, 0.4) is 0 Å². The van der Waals surface area contributed by atoms with Crippen LogP contribution in [0, 0.1) is 6.92 Å². The molecule has 6 nitrogen and oxygen atoms in total. The molecule has 0 saturated carbocycles.